The fourth-order valence-corrected chi connectivity index (χ4v) is 5.64. The number of fused-ring (bicyclic) bond motifs is 2. The molecule has 1 saturated carbocycles. The molecule has 8 nitrogen and oxygen atoms in total. The highest BCUT2D eigenvalue weighted by Gasteiger charge is 2.29. The third-order valence-electron chi connectivity index (χ3n) is 7.85. The number of rotatable bonds is 5. The standard InChI is InChI=1S/C27H34N6O2/c1-18-15-28-24-10-11-25(30-33(18)24)31-13-12-21(17-31)29-26(34)22-14-20-6-4-2-3-5-7-23(20)32(27(22)35)16-19-8-9-19/h10-11,14-15,19,21H,2-9,12-13,16-17H2,1H3,(H,29,34)/t21-/m0/s1. The molecular weight excluding hydrogens is 440 g/mol. The van der Waals surface area contributed by atoms with E-state index >= 15 is 0 Å². The summed E-state index contributed by atoms with van der Waals surface area (Å²) in [4.78, 5) is 33.4. The Morgan fingerprint density at radius 1 is 1.11 bits per heavy atom. The summed E-state index contributed by atoms with van der Waals surface area (Å²) in [5, 5.41) is 7.90. The molecule has 4 heterocycles. The molecule has 8 heteroatoms. The summed E-state index contributed by atoms with van der Waals surface area (Å²) in [7, 11) is 0. The van der Waals surface area contributed by atoms with E-state index in [1.165, 1.54) is 36.9 Å². The molecule has 3 aliphatic rings. The highest BCUT2D eigenvalue weighted by molar-refractivity contribution is 5.94. The number of carbonyl (C=O) groups is 1. The van der Waals surface area contributed by atoms with Gasteiger partial charge in [-0.1, -0.05) is 12.8 Å². The number of anilines is 1. The largest absolute Gasteiger partial charge is 0.353 e. The van der Waals surface area contributed by atoms with Crippen molar-refractivity contribution in [3.05, 3.63) is 57.3 Å². The Labute approximate surface area is 205 Å². The van der Waals surface area contributed by atoms with Gasteiger partial charge < -0.3 is 14.8 Å². The van der Waals surface area contributed by atoms with Crippen LogP contribution in [0.5, 0.6) is 0 Å². The number of hydrogen-bond acceptors (Lipinski definition) is 5. The molecule has 0 spiro atoms. The van der Waals surface area contributed by atoms with Crippen LogP contribution in [0.1, 0.15) is 72.3 Å². The third kappa shape index (κ3) is 4.46. The maximum Gasteiger partial charge on any atom is 0.263 e. The maximum atomic E-state index is 13.5. The number of pyridine rings is 1. The van der Waals surface area contributed by atoms with Crippen LogP contribution in [0.4, 0.5) is 5.82 Å². The summed E-state index contributed by atoms with van der Waals surface area (Å²) in [6.45, 7) is 4.25. The highest BCUT2D eigenvalue weighted by atomic mass is 16.2. The quantitative estimate of drug-likeness (QED) is 0.614. The predicted molar refractivity (Wildman–Crippen MR) is 135 cm³/mol. The SMILES string of the molecule is Cc1cnc2ccc(N3CC[C@H](NC(=O)c4cc5c(n(CC6CC6)c4=O)CCCCCC5)C3)nn12. The number of aryl methyl sites for hydroxylation is 2. The van der Waals surface area contributed by atoms with Crippen LogP contribution in [-0.4, -0.2) is 44.2 Å². The average Bonchev–Trinajstić information content (AvgIpc) is 3.41. The van der Waals surface area contributed by atoms with E-state index in [1.54, 1.807) is 0 Å². The zero-order valence-corrected chi connectivity index (χ0v) is 20.5. The number of hydrogen-bond donors (Lipinski definition) is 1. The van der Waals surface area contributed by atoms with Crippen molar-refractivity contribution in [3.63, 3.8) is 0 Å². The first kappa shape index (κ1) is 22.3. The molecule has 3 aromatic rings. The molecule has 6 rings (SSSR count). The maximum absolute atomic E-state index is 13.5. The number of amides is 1. The number of imidazole rings is 1. The molecule has 2 aliphatic carbocycles. The van der Waals surface area contributed by atoms with Crippen LogP contribution in [0.2, 0.25) is 0 Å². The van der Waals surface area contributed by atoms with Gasteiger partial charge in [0.2, 0.25) is 0 Å². The molecule has 0 unspecified atom stereocenters. The van der Waals surface area contributed by atoms with E-state index < -0.39 is 0 Å². The number of aromatic nitrogens is 4. The Hall–Kier alpha value is -3.16. The molecular formula is C27H34N6O2. The molecule has 2 fully saturated rings. The van der Waals surface area contributed by atoms with Crippen molar-refractivity contribution < 1.29 is 4.79 Å². The Balaban J connectivity index is 1.21. The first-order valence-corrected chi connectivity index (χ1v) is 13.2. The van der Waals surface area contributed by atoms with Crippen molar-refractivity contribution in [1.82, 2.24) is 24.5 Å². The number of nitrogens with one attached hydrogen (secondary N) is 1. The van der Waals surface area contributed by atoms with Crippen molar-refractivity contribution in [2.24, 2.45) is 5.92 Å². The lowest BCUT2D eigenvalue weighted by Gasteiger charge is -2.22. The Morgan fingerprint density at radius 2 is 1.94 bits per heavy atom. The zero-order valence-electron chi connectivity index (χ0n) is 20.5. The number of carbonyl (C=O) groups excluding carboxylic acids is 1. The minimum Gasteiger partial charge on any atom is -0.353 e. The summed E-state index contributed by atoms with van der Waals surface area (Å²) >= 11 is 0. The molecule has 35 heavy (non-hydrogen) atoms. The van der Waals surface area contributed by atoms with E-state index in [4.69, 9.17) is 5.10 Å². The summed E-state index contributed by atoms with van der Waals surface area (Å²) < 4.78 is 3.81. The van der Waals surface area contributed by atoms with E-state index in [-0.39, 0.29) is 17.5 Å². The molecule has 1 atom stereocenters. The first-order valence-electron chi connectivity index (χ1n) is 13.2. The Bertz CT molecular complexity index is 1320. The van der Waals surface area contributed by atoms with E-state index in [0.29, 0.717) is 18.0 Å². The van der Waals surface area contributed by atoms with Crippen LogP contribution < -0.4 is 15.8 Å². The van der Waals surface area contributed by atoms with Gasteiger partial charge in [-0.3, -0.25) is 9.59 Å². The van der Waals surface area contributed by atoms with Crippen molar-refractivity contribution >= 4 is 17.4 Å². The monoisotopic (exact) mass is 474 g/mol. The van der Waals surface area contributed by atoms with Gasteiger partial charge in [0.1, 0.15) is 11.4 Å². The Kier molecular flexibility index (Phi) is 5.82. The van der Waals surface area contributed by atoms with Crippen LogP contribution >= 0.6 is 0 Å². The van der Waals surface area contributed by atoms with Crippen molar-refractivity contribution in [2.75, 3.05) is 18.0 Å². The van der Waals surface area contributed by atoms with E-state index in [1.807, 2.05) is 40.4 Å². The predicted octanol–water partition coefficient (Wildman–Crippen LogP) is 3.28. The van der Waals surface area contributed by atoms with Gasteiger partial charge in [0, 0.05) is 31.4 Å². The summed E-state index contributed by atoms with van der Waals surface area (Å²) in [6.07, 6.45) is 11.6. The molecule has 0 bridgehead atoms. The molecule has 3 aromatic heterocycles. The minimum absolute atomic E-state index is 0.0119. The summed E-state index contributed by atoms with van der Waals surface area (Å²) in [5.41, 5.74) is 4.42. The zero-order chi connectivity index (χ0) is 23.9. The van der Waals surface area contributed by atoms with Crippen LogP contribution in [0.25, 0.3) is 5.65 Å². The first-order chi connectivity index (χ1) is 17.1. The average molecular weight is 475 g/mol. The lowest BCUT2D eigenvalue weighted by molar-refractivity contribution is 0.0938. The van der Waals surface area contributed by atoms with E-state index in [9.17, 15) is 9.59 Å². The van der Waals surface area contributed by atoms with Crippen LogP contribution in [0.3, 0.4) is 0 Å². The second kappa shape index (κ2) is 9.13. The molecule has 0 radical (unpaired) electrons. The summed E-state index contributed by atoms with van der Waals surface area (Å²) in [6, 6.07) is 5.85. The Morgan fingerprint density at radius 3 is 2.77 bits per heavy atom. The second-order valence-electron chi connectivity index (χ2n) is 10.6. The topological polar surface area (TPSA) is 84.5 Å². The van der Waals surface area contributed by atoms with Crippen LogP contribution in [-0.2, 0) is 19.4 Å². The highest BCUT2D eigenvalue weighted by Crippen LogP contribution is 2.31. The fourth-order valence-electron chi connectivity index (χ4n) is 5.64. The lowest BCUT2D eigenvalue weighted by Crippen LogP contribution is -2.41. The second-order valence-corrected chi connectivity index (χ2v) is 10.6. The lowest BCUT2D eigenvalue weighted by atomic mass is 9.95. The van der Waals surface area contributed by atoms with Gasteiger partial charge in [-0.15, -0.1) is 5.10 Å². The van der Waals surface area contributed by atoms with Crippen molar-refractivity contribution in [3.8, 4) is 0 Å². The van der Waals surface area contributed by atoms with Crippen molar-refractivity contribution in [1.29, 1.82) is 0 Å². The van der Waals surface area contributed by atoms with E-state index in [2.05, 4.69) is 15.2 Å². The molecule has 1 N–H and O–H groups in total. The van der Waals surface area contributed by atoms with Crippen molar-refractivity contribution in [2.45, 2.75) is 77.3 Å². The van der Waals surface area contributed by atoms with Crippen LogP contribution in [0, 0.1) is 12.8 Å². The smallest absolute Gasteiger partial charge is 0.263 e. The molecule has 1 saturated heterocycles. The van der Waals surface area contributed by atoms with E-state index in [0.717, 1.165) is 62.4 Å². The number of nitrogens with zero attached hydrogens (tertiary/aromatic N) is 5. The van der Waals surface area contributed by atoms with Gasteiger partial charge in [0.25, 0.3) is 11.5 Å². The van der Waals surface area contributed by atoms with Gasteiger partial charge in [-0.25, -0.2) is 9.50 Å². The van der Waals surface area contributed by atoms with Gasteiger partial charge in [-0.2, -0.15) is 0 Å². The van der Waals surface area contributed by atoms with Gasteiger partial charge in [-0.05, 0) is 81.5 Å². The van der Waals surface area contributed by atoms with Gasteiger partial charge >= 0.3 is 0 Å². The normalized spacial score (nSPS) is 20.5. The van der Waals surface area contributed by atoms with Crippen LogP contribution in [0.15, 0.2) is 29.2 Å². The third-order valence-corrected chi connectivity index (χ3v) is 7.85. The molecule has 0 aromatic carbocycles. The minimum atomic E-state index is -0.231. The molecule has 1 aliphatic heterocycles. The molecule has 184 valence electrons. The fraction of sp³-hybridized carbons (Fsp3) is 0.556. The summed E-state index contributed by atoms with van der Waals surface area (Å²) in [5.74, 6) is 1.24. The molecule has 1 amide bonds. The van der Waals surface area contributed by atoms with Gasteiger partial charge in [0.05, 0.1) is 11.9 Å². The van der Waals surface area contributed by atoms with Gasteiger partial charge in [0.15, 0.2) is 5.65 Å².